The van der Waals surface area contributed by atoms with Crippen LogP contribution in [0.4, 0.5) is 5.69 Å². The molecule has 0 saturated carbocycles. The fraction of sp³-hybridized carbons (Fsp3) is 0.462. The second-order valence-electron chi connectivity index (χ2n) is 3.66. The Kier molecular flexibility index (Phi) is 6.98. The molecule has 1 aromatic carbocycles. The van der Waals surface area contributed by atoms with Crippen LogP contribution in [0.25, 0.3) is 0 Å². The van der Waals surface area contributed by atoms with E-state index >= 15 is 0 Å². The van der Waals surface area contributed by atoms with E-state index in [2.05, 4.69) is 12.2 Å². The standard InChI is InChI=1S/C13H18ClNO2S/c1-3-18-8-4-7-15-12-9-10(14)5-6-11(12)13(16)17-2/h5-6,9,15H,3-4,7-8H2,1-2H3. The van der Waals surface area contributed by atoms with Gasteiger partial charge in [-0.3, -0.25) is 0 Å². The molecule has 3 nitrogen and oxygen atoms in total. The maximum Gasteiger partial charge on any atom is 0.339 e. The van der Waals surface area contributed by atoms with Gasteiger partial charge in [-0.25, -0.2) is 4.79 Å². The van der Waals surface area contributed by atoms with E-state index in [4.69, 9.17) is 16.3 Å². The Bertz CT molecular complexity index is 399. The van der Waals surface area contributed by atoms with Crippen molar-refractivity contribution in [3.8, 4) is 0 Å². The zero-order valence-corrected chi connectivity index (χ0v) is 12.2. The number of hydrogen-bond donors (Lipinski definition) is 1. The van der Waals surface area contributed by atoms with E-state index in [0.717, 1.165) is 30.2 Å². The number of hydrogen-bond acceptors (Lipinski definition) is 4. The van der Waals surface area contributed by atoms with Gasteiger partial charge in [0.1, 0.15) is 0 Å². The third-order valence-electron chi connectivity index (χ3n) is 2.37. The maximum atomic E-state index is 11.6. The molecule has 0 fully saturated rings. The number of carbonyl (C=O) groups excluding carboxylic acids is 1. The van der Waals surface area contributed by atoms with E-state index < -0.39 is 0 Å². The highest BCUT2D eigenvalue weighted by atomic mass is 35.5. The number of benzene rings is 1. The summed E-state index contributed by atoms with van der Waals surface area (Å²) in [5.74, 6) is 1.89. The Morgan fingerprint density at radius 3 is 2.94 bits per heavy atom. The minimum atomic E-state index is -0.350. The van der Waals surface area contributed by atoms with Gasteiger partial charge in [0.2, 0.25) is 0 Å². The molecule has 0 spiro atoms. The molecule has 18 heavy (non-hydrogen) atoms. The lowest BCUT2D eigenvalue weighted by Crippen LogP contribution is -2.09. The summed E-state index contributed by atoms with van der Waals surface area (Å²) in [6.45, 7) is 2.96. The highest BCUT2D eigenvalue weighted by Gasteiger charge is 2.11. The third-order valence-corrected chi connectivity index (χ3v) is 3.59. The summed E-state index contributed by atoms with van der Waals surface area (Å²) in [7, 11) is 1.37. The third kappa shape index (κ3) is 4.78. The van der Waals surface area contributed by atoms with Gasteiger partial charge in [-0.2, -0.15) is 11.8 Å². The molecule has 0 aliphatic heterocycles. The molecule has 1 N–H and O–H groups in total. The average Bonchev–Trinajstić information content (AvgIpc) is 2.38. The normalized spacial score (nSPS) is 10.2. The Balaban J connectivity index is 2.62. The molecule has 1 rings (SSSR count). The number of esters is 1. The van der Waals surface area contributed by atoms with Crippen molar-refractivity contribution in [1.29, 1.82) is 0 Å². The summed E-state index contributed by atoms with van der Waals surface area (Å²) < 4.78 is 4.74. The smallest absolute Gasteiger partial charge is 0.339 e. The molecule has 100 valence electrons. The summed E-state index contributed by atoms with van der Waals surface area (Å²) in [5.41, 5.74) is 1.25. The number of rotatable bonds is 7. The number of carbonyl (C=O) groups is 1. The van der Waals surface area contributed by atoms with Crippen LogP contribution in [-0.2, 0) is 4.74 Å². The predicted octanol–water partition coefficient (Wildman–Crippen LogP) is 3.68. The first kappa shape index (κ1) is 15.2. The molecule has 0 radical (unpaired) electrons. The van der Waals surface area contributed by atoms with Gasteiger partial charge in [-0.05, 0) is 36.1 Å². The second kappa shape index (κ2) is 8.27. The molecule has 0 unspecified atom stereocenters. The number of ether oxygens (including phenoxy) is 1. The van der Waals surface area contributed by atoms with Crippen LogP contribution >= 0.6 is 23.4 Å². The van der Waals surface area contributed by atoms with Crippen LogP contribution in [0.1, 0.15) is 23.7 Å². The topological polar surface area (TPSA) is 38.3 Å². The second-order valence-corrected chi connectivity index (χ2v) is 5.49. The van der Waals surface area contributed by atoms with Crippen LogP contribution in [0.3, 0.4) is 0 Å². The van der Waals surface area contributed by atoms with Crippen LogP contribution in [-0.4, -0.2) is 31.1 Å². The minimum absolute atomic E-state index is 0.350. The van der Waals surface area contributed by atoms with E-state index in [-0.39, 0.29) is 5.97 Å². The van der Waals surface area contributed by atoms with E-state index in [1.165, 1.54) is 7.11 Å². The molecule has 0 saturated heterocycles. The Hall–Kier alpha value is -0.870. The summed E-state index contributed by atoms with van der Waals surface area (Å²) in [5, 5.41) is 3.83. The Labute approximate surface area is 117 Å². The summed E-state index contributed by atoms with van der Waals surface area (Å²) in [6, 6.07) is 5.12. The quantitative estimate of drug-likeness (QED) is 0.613. The Morgan fingerprint density at radius 2 is 2.28 bits per heavy atom. The molecule has 5 heteroatoms. The number of anilines is 1. The van der Waals surface area contributed by atoms with Gasteiger partial charge >= 0.3 is 5.97 Å². The number of halogens is 1. The average molecular weight is 288 g/mol. The lowest BCUT2D eigenvalue weighted by Gasteiger charge is -2.11. The molecule has 0 heterocycles. The predicted molar refractivity (Wildman–Crippen MR) is 78.9 cm³/mol. The number of thioether (sulfide) groups is 1. The Morgan fingerprint density at radius 1 is 1.50 bits per heavy atom. The van der Waals surface area contributed by atoms with Gasteiger partial charge in [0, 0.05) is 11.6 Å². The van der Waals surface area contributed by atoms with Gasteiger partial charge in [0.25, 0.3) is 0 Å². The lowest BCUT2D eigenvalue weighted by molar-refractivity contribution is 0.0602. The van der Waals surface area contributed by atoms with Crippen LogP contribution < -0.4 is 5.32 Å². The van der Waals surface area contributed by atoms with Gasteiger partial charge in [-0.15, -0.1) is 0 Å². The summed E-state index contributed by atoms with van der Waals surface area (Å²) >= 11 is 7.83. The van der Waals surface area contributed by atoms with E-state index in [9.17, 15) is 4.79 Å². The first-order valence-corrected chi connectivity index (χ1v) is 7.41. The molecular formula is C13H18ClNO2S. The molecule has 0 amide bonds. The molecule has 0 aromatic heterocycles. The van der Waals surface area contributed by atoms with Crippen LogP contribution in [0.15, 0.2) is 18.2 Å². The van der Waals surface area contributed by atoms with Crippen LogP contribution in [0.5, 0.6) is 0 Å². The molecular weight excluding hydrogens is 270 g/mol. The fourth-order valence-electron chi connectivity index (χ4n) is 1.49. The van der Waals surface area contributed by atoms with E-state index in [1.807, 2.05) is 11.8 Å². The van der Waals surface area contributed by atoms with Gasteiger partial charge in [-0.1, -0.05) is 18.5 Å². The molecule has 0 aliphatic carbocycles. The summed E-state index contributed by atoms with van der Waals surface area (Å²) in [6.07, 6.45) is 1.05. The van der Waals surface area contributed by atoms with Crippen LogP contribution in [0, 0.1) is 0 Å². The first-order chi connectivity index (χ1) is 8.69. The summed E-state index contributed by atoms with van der Waals surface area (Å²) in [4.78, 5) is 11.6. The van der Waals surface area contributed by atoms with Crippen molar-refractivity contribution >= 4 is 35.0 Å². The molecule has 0 atom stereocenters. The van der Waals surface area contributed by atoms with Crippen molar-refractivity contribution in [2.45, 2.75) is 13.3 Å². The molecule has 0 aliphatic rings. The van der Waals surface area contributed by atoms with Gasteiger partial charge < -0.3 is 10.1 Å². The van der Waals surface area contributed by atoms with Crippen molar-refractivity contribution in [2.24, 2.45) is 0 Å². The van der Waals surface area contributed by atoms with E-state index in [0.29, 0.717) is 10.6 Å². The lowest BCUT2D eigenvalue weighted by atomic mass is 10.1. The zero-order valence-electron chi connectivity index (χ0n) is 10.7. The van der Waals surface area contributed by atoms with Crippen molar-refractivity contribution < 1.29 is 9.53 Å². The van der Waals surface area contributed by atoms with Crippen LogP contribution in [0.2, 0.25) is 5.02 Å². The first-order valence-electron chi connectivity index (χ1n) is 5.88. The van der Waals surface area contributed by atoms with Crippen molar-refractivity contribution in [3.05, 3.63) is 28.8 Å². The van der Waals surface area contributed by atoms with Crippen molar-refractivity contribution in [1.82, 2.24) is 0 Å². The number of methoxy groups -OCH3 is 1. The monoisotopic (exact) mass is 287 g/mol. The molecule has 0 bridgehead atoms. The largest absolute Gasteiger partial charge is 0.465 e. The highest BCUT2D eigenvalue weighted by molar-refractivity contribution is 7.99. The van der Waals surface area contributed by atoms with Gasteiger partial charge in [0.15, 0.2) is 0 Å². The van der Waals surface area contributed by atoms with Crippen molar-refractivity contribution in [2.75, 3.05) is 30.5 Å². The van der Waals surface area contributed by atoms with Crippen molar-refractivity contribution in [3.63, 3.8) is 0 Å². The number of nitrogens with one attached hydrogen (secondary N) is 1. The highest BCUT2D eigenvalue weighted by Crippen LogP contribution is 2.22. The van der Waals surface area contributed by atoms with Gasteiger partial charge in [0.05, 0.1) is 18.4 Å². The maximum absolute atomic E-state index is 11.6. The SMILES string of the molecule is CCSCCCNc1cc(Cl)ccc1C(=O)OC. The minimum Gasteiger partial charge on any atom is -0.465 e. The van der Waals surface area contributed by atoms with E-state index in [1.54, 1.807) is 18.2 Å². The fourth-order valence-corrected chi connectivity index (χ4v) is 2.30. The zero-order chi connectivity index (χ0) is 13.4. The molecule has 1 aromatic rings.